The van der Waals surface area contributed by atoms with Crippen molar-refractivity contribution in [3.63, 3.8) is 0 Å². The second-order valence-electron chi connectivity index (χ2n) is 3.92. The molecule has 1 aliphatic rings. The summed E-state index contributed by atoms with van der Waals surface area (Å²) in [7, 11) is 0. The van der Waals surface area contributed by atoms with Crippen molar-refractivity contribution in [1.29, 1.82) is 0 Å². The summed E-state index contributed by atoms with van der Waals surface area (Å²) < 4.78 is 35.8. The Morgan fingerprint density at radius 2 is 1.87 bits per heavy atom. The Morgan fingerprint density at radius 1 is 1.27 bits per heavy atom. The molecule has 0 radical (unpaired) electrons. The summed E-state index contributed by atoms with van der Waals surface area (Å²) >= 11 is 0. The molecule has 0 aromatic rings. The van der Waals surface area contributed by atoms with Crippen LogP contribution in [0.25, 0.3) is 0 Å². The highest BCUT2D eigenvalue weighted by molar-refractivity contribution is 4.82. The first-order valence-corrected chi connectivity index (χ1v) is 5.07. The average Bonchev–Trinajstić information content (AvgIpc) is 2.14. The number of aliphatic hydroxyl groups is 2. The zero-order valence-corrected chi connectivity index (χ0v) is 8.30. The highest BCUT2D eigenvalue weighted by atomic mass is 19.4. The molecule has 3 nitrogen and oxygen atoms in total. The van der Waals surface area contributed by atoms with E-state index < -0.39 is 24.9 Å². The van der Waals surface area contributed by atoms with Crippen LogP contribution < -0.4 is 5.32 Å². The third-order valence-electron chi connectivity index (χ3n) is 2.68. The molecule has 1 rings (SSSR count). The van der Waals surface area contributed by atoms with E-state index in [2.05, 4.69) is 5.32 Å². The number of halogens is 3. The number of hydrogen-bond acceptors (Lipinski definition) is 3. The third kappa shape index (κ3) is 3.96. The van der Waals surface area contributed by atoms with Crippen LogP contribution in [-0.2, 0) is 0 Å². The Labute approximate surface area is 86.3 Å². The number of hydrogen-bond donors (Lipinski definition) is 3. The van der Waals surface area contributed by atoms with Crippen molar-refractivity contribution in [3.8, 4) is 0 Å². The van der Waals surface area contributed by atoms with E-state index in [0.717, 1.165) is 12.8 Å². The van der Waals surface area contributed by atoms with Crippen LogP contribution in [0.4, 0.5) is 13.2 Å². The Hall–Kier alpha value is -0.330. The van der Waals surface area contributed by atoms with Crippen LogP contribution in [0.15, 0.2) is 0 Å². The molecule has 1 saturated carbocycles. The fourth-order valence-electron chi connectivity index (χ4n) is 1.73. The second kappa shape index (κ2) is 5.14. The number of nitrogens with one attached hydrogen (secondary N) is 1. The monoisotopic (exact) mass is 227 g/mol. The smallest absolute Gasteiger partial charge is 0.392 e. The maximum absolute atomic E-state index is 11.9. The molecule has 0 amide bonds. The Kier molecular flexibility index (Phi) is 4.36. The van der Waals surface area contributed by atoms with Crippen molar-refractivity contribution in [2.45, 2.75) is 50.1 Å². The van der Waals surface area contributed by atoms with Crippen LogP contribution in [-0.4, -0.2) is 41.2 Å². The van der Waals surface area contributed by atoms with Crippen LogP contribution in [0.3, 0.4) is 0 Å². The van der Waals surface area contributed by atoms with E-state index in [1.54, 1.807) is 0 Å². The zero-order chi connectivity index (χ0) is 11.5. The molecule has 0 aromatic carbocycles. The molecule has 0 aromatic heterocycles. The number of aliphatic hydroxyl groups excluding tert-OH is 2. The number of rotatable bonds is 3. The summed E-state index contributed by atoms with van der Waals surface area (Å²) in [5.41, 5.74) is 0. The van der Waals surface area contributed by atoms with E-state index in [1.165, 1.54) is 0 Å². The van der Waals surface area contributed by atoms with E-state index in [1.807, 2.05) is 0 Å². The molecule has 3 unspecified atom stereocenters. The fourth-order valence-corrected chi connectivity index (χ4v) is 1.73. The van der Waals surface area contributed by atoms with Crippen molar-refractivity contribution in [2.24, 2.45) is 0 Å². The standard InChI is InChI=1S/C9H16F3NO2/c10-9(11,12)8(15)5-13-6-3-1-2-4-7(6)14/h6-8,13-15H,1-5H2. The largest absolute Gasteiger partial charge is 0.415 e. The van der Waals surface area contributed by atoms with E-state index >= 15 is 0 Å². The van der Waals surface area contributed by atoms with Gasteiger partial charge in [0.05, 0.1) is 6.10 Å². The molecule has 0 bridgehead atoms. The average molecular weight is 227 g/mol. The van der Waals surface area contributed by atoms with Gasteiger partial charge in [0.1, 0.15) is 0 Å². The van der Waals surface area contributed by atoms with Crippen molar-refractivity contribution < 1.29 is 23.4 Å². The SMILES string of the molecule is OC1CCCCC1NCC(O)C(F)(F)F. The third-order valence-corrected chi connectivity index (χ3v) is 2.68. The maximum atomic E-state index is 11.9. The Balaban J connectivity index is 2.29. The molecule has 0 heterocycles. The summed E-state index contributed by atoms with van der Waals surface area (Å²) in [6.07, 6.45) is -4.47. The summed E-state index contributed by atoms with van der Waals surface area (Å²) in [4.78, 5) is 0. The summed E-state index contributed by atoms with van der Waals surface area (Å²) in [6.45, 7) is -0.550. The van der Waals surface area contributed by atoms with Crippen LogP contribution in [0.2, 0.25) is 0 Å². The van der Waals surface area contributed by atoms with Gasteiger partial charge in [0, 0.05) is 12.6 Å². The van der Waals surface area contributed by atoms with Gasteiger partial charge >= 0.3 is 6.18 Å². The van der Waals surface area contributed by atoms with Crippen LogP contribution in [0, 0.1) is 0 Å². The molecular weight excluding hydrogens is 211 g/mol. The quantitative estimate of drug-likeness (QED) is 0.668. The lowest BCUT2D eigenvalue weighted by Gasteiger charge is -2.29. The molecule has 1 fully saturated rings. The van der Waals surface area contributed by atoms with E-state index in [9.17, 15) is 18.3 Å². The van der Waals surface area contributed by atoms with E-state index in [-0.39, 0.29) is 6.04 Å². The van der Waals surface area contributed by atoms with Gasteiger partial charge in [0.15, 0.2) is 6.10 Å². The molecule has 15 heavy (non-hydrogen) atoms. The van der Waals surface area contributed by atoms with Crippen molar-refractivity contribution >= 4 is 0 Å². The maximum Gasteiger partial charge on any atom is 0.415 e. The van der Waals surface area contributed by atoms with Crippen molar-refractivity contribution in [3.05, 3.63) is 0 Å². The molecular formula is C9H16F3NO2. The normalized spacial score (nSPS) is 30.2. The first-order valence-electron chi connectivity index (χ1n) is 5.07. The lowest BCUT2D eigenvalue weighted by atomic mass is 9.92. The Bertz CT molecular complexity index is 198. The van der Waals surface area contributed by atoms with Crippen LogP contribution in [0.1, 0.15) is 25.7 Å². The highest BCUT2D eigenvalue weighted by Gasteiger charge is 2.38. The molecule has 0 spiro atoms. The second-order valence-corrected chi connectivity index (χ2v) is 3.92. The lowest BCUT2D eigenvalue weighted by Crippen LogP contribution is -2.48. The van der Waals surface area contributed by atoms with Crippen molar-refractivity contribution in [1.82, 2.24) is 5.32 Å². The van der Waals surface area contributed by atoms with Crippen molar-refractivity contribution in [2.75, 3.05) is 6.54 Å². The van der Waals surface area contributed by atoms with Gasteiger partial charge in [-0.3, -0.25) is 0 Å². The van der Waals surface area contributed by atoms with Gasteiger partial charge in [-0.1, -0.05) is 12.8 Å². The zero-order valence-electron chi connectivity index (χ0n) is 8.30. The summed E-state index contributed by atoms with van der Waals surface area (Å²) in [5.74, 6) is 0. The topological polar surface area (TPSA) is 52.5 Å². The minimum absolute atomic E-state index is 0.323. The summed E-state index contributed by atoms with van der Waals surface area (Å²) in [6, 6.07) is -0.323. The first-order chi connectivity index (χ1) is 6.91. The van der Waals surface area contributed by atoms with Gasteiger partial charge in [-0.05, 0) is 12.8 Å². The minimum Gasteiger partial charge on any atom is -0.392 e. The molecule has 0 saturated heterocycles. The first kappa shape index (κ1) is 12.7. The summed E-state index contributed by atoms with van der Waals surface area (Å²) in [5, 5.41) is 20.8. The van der Waals surface area contributed by atoms with Crippen LogP contribution >= 0.6 is 0 Å². The molecule has 3 N–H and O–H groups in total. The van der Waals surface area contributed by atoms with Gasteiger partial charge < -0.3 is 15.5 Å². The number of alkyl halides is 3. The van der Waals surface area contributed by atoms with Gasteiger partial charge in [-0.2, -0.15) is 13.2 Å². The Morgan fingerprint density at radius 3 is 2.40 bits per heavy atom. The van der Waals surface area contributed by atoms with E-state index in [4.69, 9.17) is 5.11 Å². The van der Waals surface area contributed by atoms with Gasteiger partial charge in [-0.15, -0.1) is 0 Å². The fraction of sp³-hybridized carbons (Fsp3) is 1.00. The van der Waals surface area contributed by atoms with Gasteiger partial charge in [0.25, 0.3) is 0 Å². The van der Waals surface area contributed by atoms with Gasteiger partial charge in [-0.25, -0.2) is 0 Å². The molecule has 0 aliphatic heterocycles. The lowest BCUT2D eigenvalue weighted by molar-refractivity contribution is -0.202. The van der Waals surface area contributed by atoms with E-state index in [0.29, 0.717) is 12.8 Å². The highest BCUT2D eigenvalue weighted by Crippen LogP contribution is 2.21. The van der Waals surface area contributed by atoms with Crippen LogP contribution in [0.5, 0.6) is 0 Å². The minimum atomic E-state index is -4.59. The van der Waals surface area contributed by atoms with Gasteiger partial charge in [0.2, 0.25) is 0 Å². The predicted molar refractivity (Wildman–Crippen MR) is 48.3 cm³/mol. The molecule has 90 valence electrons. The molecule has 6 heteroatoms. The molecule has 3 atom stereocenters. The predicted octanol–water partition coefficient (Wildman–Crippen LogP) is 0.803. The molecule has 1 aliphatic carbocycles.